The van der Waals surface area contributed by atoms with Crippen LogP contribution in [0.3, 0.4) is 0 Å². The van der Waals surface area contributed by atoms with Crippen LogP contribution in [0.25, 0.3) is 0 Å². The van der Waals surface area contributed by atoms with E-state index in [2.05, 4.69) is 5.32 Å². The van der Waals surface area contributed by atoms with Crippen LogP contribution >= 0.6 is 0 Å². The van der Waals surface area contributed by atoms with E-state index in [-0.39, 0.29) is 18.1 Å². The van der Waals surface area contributed by atoms with E-state index in [1.807, 2.05) is 18.2 Å². The average molecular weight is 263 g/mol. The molecule has 1 aromatic rings. The molecule has 4 nitrogen and oxygen atoms in total. The second kappa shape index (κ2) is 6.68. The number of carbonyl (C=O) groups is 1. The average Bonchev–Trinajstić information content (AvgIpc) is 2.46. The maximum Gasteiger partial charge on any atom is 0.338 e. The maximum absolute atomic E-state index is 11.7. The van der Waals surface area contributed by atoms with Gasteiger partial charge in [-0.2, -0.15) is 0 Å². The number of hydrogen-bond donors (Lipinski definition) is 2. The number of rotatable bonds is 4. The monoisotopic (exact) mass is 263 g/mol. The molecule has 1 saturated carbocycles. The van der Waals surface area contributed by atoms with Gasteiger partial charge < -0.3 is 15.2 Å². The van der Waals surface area contributed by atoms with Crippen molar-refractivity contribution in [3.8, 4) is 0 Å². The lowest BCUT2D eigenvalue weighted by atomic mass is 9.92. The normalized spacial score (nSPS) is 23.1. The van der Waals surface area contributed by atoms with Crippen molar-refractivity contribution < 1.29 is 14.6 Å². The SMILES string of the molecule is COC(=O)c1ccccc1CNC1CCCCC1O. The Morgan fingerprint density at radius 2 is 2.11 bits per heavy atom. The molecule has 0 aromatic heterocycles. The summed E-state index contributed by atoms with van der Waals surface area (Å²) in [6.45, 7) is 0.576. The first-order chi connectivity index (χ1) is 9.22. The second-order valence-electron chi connectivity index (χ2n) is 4.99. The predicted molar refractivity (Wildman–Crippen MR) is 72.9 cm³/mol. The van der Waals surface area contributed by atoms with E-state index < -0.39 is 0 Å². The first kappa shape index (κ1) is 14.0. The minimum absolute atomic E-state index is 0.124. The van der Waals surface area contributed by atoms with Crippen LogP contribution in [-0.2, 0) is 11.3 Å². The van der Waals surface area contributed by atoms with Crippen LogP contribution in [-0.4, -0.2) is 30.3 Å². The van der Waals surface area contributed by atoms with Crippen LogP contribution in [0.15, 0.2) is 24.3 Å². The number of aliphatic hydroxyl groups excluding tert-OH is 1. The molecule has 1 aromatic carbocycles. The number of carbonyl (C=O) groups excluding carboxylic acids is 1. The van der Waals surface area contributed by atoms with E-state index in [1.54, 1.807) is 6.07 Å². The van der Waals surface area contributed by atoms with Crippen molar-refractivity contribution in [2.75, 3.05) is 7.11 Å². The largest absolute Gasteiger partial charge is 0.465 e. The lowest BCUT2D eigenvalue weighted by molar-refractivity contribution is 0.0598. The second-order valence-corrected chi connectivity index (χ2v) is 4.99. The van der Waals surface area contributed by atoms with Gasteiger partial charge in [0.1, 0.15) is 0 Å². The first-order valence-corrected chi connectivity index (χ1v) is 6.80. The highest BCUT2D eigenvalue weighted by atomic mass is 16.5. The molecule has 4 heteroatoms. The molecule has 1 fully saturated rings. The Labute approximate surface area is 113 Å². The van der Waals surface area contributed by atoms with Crippen LogP contribution in [0.5, 0.6) is 0 Å². The Morgan fingerprint density at radius 3 is 2.84 bits per heavy atom. The third kappa shape index (κ3) is 3.55. The zero-order chi connectivity index (χ0) is 13.7. The summed E-state index contributed by atoms with van der Waals surface area (Å²) in [5.41, 5.74) is 1.50. The van der Waals surface area contributed by atoms with Crippen LogP contribution in [0.2, 0.25) is 0 Å². The summed E-state index contributed by atoms with van der Waals surface area (Å²) < 4.78 is 4.77. The van der Waals surface area contributed by atoms with Gasteiger partial charge in [-0.05, 0) is 24.5 Å². The molecule has 19 heavy (non-hydrogen) atoms. The summed E-state index contributed by atoms with van der Waals surface area (Å²) in [7, 11) is 1.39. The quantitative estimate of drug-likeness (QED) is 0.814. The topological polar surface area (TPSA) is 58.6 Å². The zero-order valence-corrected chi connectivity index (χ0v) is 11.3. The van der Waals surface area contributed by atoms with E-state index in [0.29, 0.717) is 12.1 Å². The molecule has 2 N–H and O–H groups in total. The molecule has 0 aliphatic heterocycles. The lowest BCUT2D eigenvalue weighted by Crippen LogP contribution is -2.41. The number of hydrogen-bond acceptors (Lipinski definition) is 4. The van der Waals surface area contributed by atoms with Gasteiger partial charge in [-0.25, -0.2) is 4.79 Å². The number of esters is 1. The van der Waals surface area contributed by atoms with Gasteiger partial charge in [-0.15, -0.1) is 0 Å². The number of methoxy groups -OCH3 is 1. The van der Waals surface area contributed by atoms with Crippen molar-refractivity contribution >= 4 is 5.97 Å². The third-order valence-corrected chi connectivity index (χ3v) is 3.71. The Morgan fingerprint density at radius 1 is 1.37 bits per heavy atom. The molecule has 2 unspecified atom stereocenters. The zero-order valence-electron chi connectivity index (χ0n) is 11.3. The van der Waals surface area contributed by atoms with Crippen LogP contribution in [0.4, 0.5) is 0 Å². The molecule has 1 aliphatic rings. The minimum atomic E-state index is -0.318. The molecule has 1 aliphatic carbocycles. The summed E-state index contributed by atoms with van der Waals surface area (Å²) >= 11 is 0. The van der Waals surface area contributed by atoms with Gasteiger partial charge in [-0.1, -0.05) is 31.0 Å². The summed E-state index contributed by atoms with van der Waals surface area (Å²) in [4.78, 5) is 11.7. The molecule has 0 saturated heterocycles. The third-order valence-electron chi connectivity index (χ3n) is 3.71. The van der Waals surface area contributed by atoms with Gasteiger partial charge in [0.25, 0.3) is 0 Å². The Bertz CT molecular complexity index is 433. The van der Waals surface area contributed by atoms with Crippen molar-refractivity contribution in [3.63, 3.8) is 0 Å². The van der Waals surface area contributed by atoms with Gasteiger partial charge in [0.15, 0.2) is 0 Å². The molecule has 2 rings (SSSR count). The van der Waals surface area contributed by atoms with Crippen molar-refractivity contribution in [1.29, 1.82) is 0 Å². The fraction of sp³-hybridized carbons (Fsp3) is 0.533. The standard InChI is InChI=1S/C15H21NO3/c1-19-15(18)12-7-3-2-6-11(12)10-16-13-8-4-5-9-14(13)17/h2-3,6-7,13-14,16-17H,4-5,8-10H2,1H3. The van der Waals surface area contributed by atoms with Gasteiger partial charge in [0.2, 0.25) is 0 Å². The van der Waals surface area contributed by atoms with Crippen molar-refractivity contribution in [2.24, 2.45) is 0 Å². The molecule has 0 radical (unpaired) electrons. The minimum Gasteiger partial charge on any atom is -0.465 e. The molecule has 2 atom stereocenters. The van der Waals surface area contributed by atoms with E-state index in [4.69, 9.17) is 4.74 Å². The van der Waals surface area contributed by atoms with Crippen LogP contribution < -0.4 is 5.32 Å². The Balaban J connectivity index is 2.01. The summed E-state index contributed by atoms with van der Waals surface area (Å²) in [6.07, 6.45) is 3.81. The van der Waals surface area contributed by atoms with E-state index in [0.717, 1.165) is 31.2 Å². The lowest BCUT2D eigenvalue weighted by Gasteiger charge is -2.28. The molecule has 0 amide bonds. The maximum atomic E-state index is 11.7. The van der Waals surface area contributed by atoms with Crippen LogP contribution in [0.1, 0.15) is 41.6 Å². The highest BCUT2D eigenvalue weighted by Crippen LogP contribution is 2.19. The first-order valence-electron chi connectivity index (χ1n) is 6.80. The van der Waals surface area contributed by atoms with Crippen molar-refractivity contribution in [2.45, 2.75) is 44.4 Å². The molecular weight excluding hydrogens is 242 g/mol. The van der Waals surface area contributed by atoms with E-state index in [1.165, 1.54) is 7.11 Å². The van der Waals surface area contributed by atoms with Gasteiger partial charge >= 0.3 is 5.97 Å². The predicted octanol–water partition coefficient (Wildman–Crippen LogP) is 1.87. The van der Waals surface area contributed by atoms with Gasteiger partial charge in [0, 0.05) is 12.6 Å². The van der Waals surface area contributed by atoms with Crippen LogP contribution in [0, 0.1) is 0 Å². The van der Waals surface area contributed by atoms with Gasteiger partial charge in [-0.3, -0.25) is 0 Å². The number of benzene rings is 1. The molecule has 0 heterocycles. The van der Waals surface area contributed by atoms with Crippen molar-refractivity contribution in [1.82, 2.24) is 5.32 Å². The fourth-order valence-corrected chi connectivity index (χ4v) is 2.57. The highest BCUT2D eigenvalue weighted by Gasteiger charge is 2.22. The van der Waals surface area contributed by atoms with Gasteiger partial charge in [0.05, 0.1) is 18.8 Å². The number of ether oxygens (including phenoxy) is 1. The summed E-state index contributed by atoms with van der Waals surface area (Å²) in [6, 6.07) is 7.53. The Hall–Kier alpha value is -1.39. The molecule has 104 valence electrons. The fourth-order valence-electron chi connectivity index (χ4n) is 2.57. The highest BCUT2D eigenvalue weighted by molar-refractivity contribution is 5.90. The summed E-state index contributed by atoms with van der Waals surface area (Å²) in [5, 5.41) is 13.3. The van der Waals surface area contributed by atoms with Crippen molar-refractivity contribution in [3.05, 3.63) is 35.4 Å². The molecule has 0 spiro atoms. The molecule has 0 bridgehead atoms. The Kier molecular flexibility index (Phi) is 4.93. The summed E-state index contributed by atoms with van der Waals surface area (Å²) in [5.74, 6) is -0.318. The number of aliphatic hydroxyl groups is 1. The smallest absolute Gasteiger partial charge is 0.338 e. The molecular formula is C15H21NO3. The number of nitrogens with one attached hydrogen (secondary N) is 1. The van der Waals surface area contributed by atoms with E-state index >= 15 is 0 Å². The van der Waals surface area contributed by atoms with E-state index in [9.17, 15) is 9.90 Å².